The molecule has 132 valence electrons. The van der Waals surface area contributed by atoms with E-state index in [0.717, 1.165) is 29.4 Å². The van der Waals surface area contributed by atoms with Crippen LogP contribution in [0.15, 0.2) is 48.5 Å². The van der Waals surface area contributed by atoms with Crippen LogP contribution in [0.2, 0.25) is 0 Å². The Labute approximate surface area is 154 Å². The minimum atomic E-state index is 0.759. The van der Waals surface area contributed by atoms with Gasteiger partial charge in [-0.25, -0.2) is 0 Å². The Bertz CT molecular complexity index is 672. The Kier molecular flexibility index (Phi) is 7.80. The SMILES string of the molecule is CC.CCc1ccc(C#Cc2ccc(C3CCC(C)CC3)cc2)cc1. The second kappa shape index (κ2) is 10.1. The quantitative estimate of drug-likeness (QED) is 0.521. The molecule has 2 aromatic rings. The van der Waals surface area contributed by atoms with E-state index in [-0.39, 0.29) is 0 Å². The summed E-state index contributed by atoms with van der Waals surface area (Å²) >= 11 is 0. The fourth-order valence-corrected chi connectivity index (χ4v) is 3.40. The molecule has 1 saturated carbocycles. The van der Waals surface area contributed by atoms with Gasteiger partial charge in [-0.15, -0.1) is 0 Å². The summed E-state index contributed by atoms with van der Waals surface area (Å²) in [5, 5.41) is 0. The van der Waals surface area contributed by atoms with Gasteiger partial charge in [0.2, 0.25) is 0 Å². The number of hydrogen-bond acceptors (Lipinski definition) is 0. The first-order valence-electron chi connectivity index (χ1n) is 9.95. The van der Waals surface area contributed by atoms with E-state index in [4.69, 9.17) is 0 Å². The summed E-state index contributed by atoms with van der Waals surface area (Å²) in [5.74, 6) is 8.22. The van der Waals surface area contributed by atoms with Crippen LogP contribution in [0.5, 0.6) is 0 Å². The third-order valence-corrected chi connectivity index (χ3v) is 5.11. The monoisotopic (exact) mass is 332 g/mol. The van der Waals surface area contributed by atoms with Gasteiger partial charge in [0.05, 0.1) is 0 Å². The van der Waals surface area contributed by atoms with Crippen LogP contribution in [0.1, 0.15) is 81.5 Å². The van der Waals surface area contributed by atoms with Gasteiger partial charge in [0.25, 0.3) is 0 Å². The Hall–Kier alpha value is -2.00. The van der Waals surface area contributed by atoms with E-state index in [9.17, 15) is 0 Å². The van der Waals surface area contributed by atoms with Crippen LogP contribution in [0.3, 0.4) is 0 Å². The van der Waals surface area contributed by atoms with Crippen molar-refractivity contribution in [1.82, 2.24) is 0 Å². The molecule has 0 N–H and O–H groups in total. The molecular formula is C25H32. The Morgan fingerprint density at radius 1 is 0.760 bits per heavy atom. The molecule has 0 spiro atoms. The smallest absolute Gasteiger partial charge is 0.0249 e. The molecule has 0 heterocycles. The van der Waals surface area contributed by atoms with Crippen molar-refractivity contribution in [2.75, 3.05) is 0 Å². The summed E-state index contributed by atoms with van der Waals surface area (Å²) in [7, 11) is 0. The highest BCUT2D eigenvalue weighted by atomic mass is 14.2. The summed E-state index contributed by atoms with van der Waals surface area (Å²) in [4.78, 5) is 0. The maximum Gasteiger partial charge on any atom is 0.0249 e. The van der Waals surface area contributed by atoms with E-state index >= 15 is 0 Å². The first-order valence-corrected chi connectivity index (χ1v) is 9.95. The highest BCUT2D eigenvalue weighted by Gasteiger charge is 2.19. The molecule has 1 aliphatic rings. The van der Waals surface area contributed by atoms with Crippen LogP contribution in [0, 0.1) is 17.8 Å². The fraction of sp³-hybridized carbons (Fsp3) is 0.440. The van der Waals surface area contributed by atoms with Crippen molar-refractivity contribution < 1.29 is 0 Å². The minimum absolute atomic E-state index is 0.759. The van der Waals surface area contributed by atoms with Gasteiger partial charge >= 0.3 is 0 Å². The van der Waals surface area contributed by atoms with Crippen molar-refractivity contribution in [3.05, 3.63) is 70.8 Å². The average Bonchev–Trinajstić information content (AvgIpc) is 2.69. The van der Waals surface area contributed by atoms with Gasteiger partial charge in [-0.1, -0.05) is 76.6 Å². The first kappa shape index (κ1) is 19.3. The van der Waals surface area contributed by atoms with E-state index in [2.05, 4.69) is 74.2 Å². The Morgan fingerprint density at radius 2 is 1.24 bits per heavy atom. The van der Waals surface area contributed by atoms with Crippen molar-refractivity contribution in [3.8, 4) is 11.8 Å². The lowest BCUT2D eigenvalue weighted by Crippen LogP contribution is -2.10. The molecule has 0 amide bonds. The van der Waals surface area contributed by atoms with Crippen molar-refractivity contribution in [1.29, 1.82) is 0 Å². The van der Waals surface area contributed by atoms with Gasteiger partial charge in [-0.3, -0.25) is 0 Å². The van der Waals surface area contributed by atoms with Crippen LogP contribution >= 0.6 is 0 Å². The van der Waals surface area contributed by atoms with Gasteiger partial charge in [0.15, 0.2) is 0 Å². The van der Waals surface area contributed by atoms with E-state index in [1.54, 1.807) is 0 Å². The van der Waals surface area contributed by atoms with Gasteiger partial charge in [-0.2, -0.15) is 0 Å². The van der Waals surface area contributed by atoms with Gasteiger partial charge < -0.3 is 0 Å². The molecule has 0 aromatic heterocycles. The van der Waals surface area contributed by atoms with Gasteiger partial charge in [-0.05, 0) is 66.5 Å². The molecule has 2 aromatic carbocycles. The lowest BCUT2D eigenvalue weighted by Gasteiger charge is -2.26. The first-order chi connectivity index (χ1) is 12.2. The standard InChI is InChI=1S/C23H26.C2H6/c1-3-19-6-8-20(9-7-19)10-11-21-12-16-23(17-13-21)22-14-4-18(2)5-15-22;1-2/h6-9,12-13,16-18,22H,3-5,14-15H2,1-2H3;1-2H3. The minimum Gasteiger partial charge on any atom is -0.0683 e. The van der Waals surface area contributed by atoms with Crippen LogP contribution < -0.4 is 0 Å². The predicted molar refractivity (Wildman–Crippen MR) is 110 cm³/mol. The highest BCUT2D eigenvalue weighted by Crippen LogP contribution is 2.35. The molecule has 3 rings (SSSR count). The number of hydrogen-bond donors (Lipinski definition) is 0. The molecule has 0 aliphatic heterocycles. The number of benzene rings is 2. The molecule has 0 atom stereocenters. The Balaban J connectivity index is 0.00000109. The summed E-state index contributed by atoms with van der Waals surface area (Å²) in [6, 6.07) is 17.5. The van der Waals surface area contributed by atoms with E-state index in [1.807, 2.05) is 13.8 Å². The molecule has 0 nitrogen and oxygen atoms in total. The molecule has 25 heavy (non-hydrogen) atoms. The Morgan fingerprint density at radius 3 is 1.72 bits per heavy atom. The van der Waals surface area contributed by atoms with Gasteiger partial charge in [0.1, 0.15) is 0 Å². The molecule has 0 radical (unpaired) electrons. The second-order valence-corrected chi connectivity index (χ2v) is 6.88. The molecule has 1 aliphatic carbocycles. The summed E-state index contributed by atoms with van der Waals surface area (Å²) < 4.78 is 0. The van der Waals surface area contributed by atoms with Crippen molar-refractivity contribution in [3.63, 3.8) is 0 Å². The zero-order chi connectivity index (χ0) is 18.1. The zero-order valence-electron chi connectivity index (χ0n) is 16.3. The van der Waals surface area contributed by atoms with Crippen molar-refractivity contribution in [2.24, 2.45) is 5.92 Å². The van der Waals surface area contributed by atoms with Crippen LogP contribution in [0.4, 0.5) is 0 Å². The summed E-state index contributed by atoms with van der Waals surface area (Å²) in [6.07, 6.45) is 6.51. The van der Waals surface area contributed by atoms with Crippen LogP contribution in [-0.4, -0.2) is 0 Å². The summed E-state index contributed by atoms with van der Waals surface area (Å²) in [6.45, 7) is 8.55. The number of rotatable bonds is 2. The van der Waals surface area contributed by atoms with E-state index in [0.29, 0.717) is 0 Å². The molecule has 0 heteroatoms. The lowest BCUT2D eigenvalue weighted by atomic mass is 9.79. The van der Waals surface area contributed by atoms with Crippen LogP contribution in [0.25, 0.3) is 0 Å². The largest absolute Gasteiger partial charge is 0.0683 e. The van der Waals surface area contributed by atoms with E-state index in [1.165, 1.54) is 36.8 Å². The topological polar surface area (TPSA) is 0 Å². The van der Waals surface area contributed by atoms with Crippen molar-refractivity contribution in [2.45, 2.75) is 65.7 Å². The second-order valence-electron chi connectivity index (χ2n) is 6.88. The third kappa shape index (κ3) is 5.79. The summed E-state index contributed by atoms with van der Waals surface area (Å²) in [5.41, 5.74) is 5.06. The molecular weight excluding hydrogens is 300 g/mol. The molecule has 1 fully saturated rings. The van der Waals surface area contributed by atoms with Crippen molar-refractivity contribution >= 4 is 0 Å². The maximum atomic E-state index is 3.29. The molecule has 0 saturated heterocycles. The molecule has 0 bridgehead atoms. The van der Waals surface area contributed by atoms with Crippen LogP contribution in [-0.2, 0) is 6.42 Å². The lowest BCUT2D eigenvalue weighted by molar-refractivity contribution is 0.348. The van der Waals surface area contributed by atoms with Gasteiger partial charge in [0, 0.05) is 11.1 Å². The maximum absolute atomic E-state index is 3.29. The molecule has 0 unspecified atom stereocenters. The zero-order valence-corrected chi connectivity index (χ0v) is 16.3. The third-order valence-electron chi connectivity index (χ3n) is 5.11. The predicted octanol–water partition coefficient (Wildman–Crippen LogP) is 6.97. The average molecular weight is 333 g/mol. The number of aryl methyl sites for hydroxylation is 1. The highest BCUT2D eigenvalue weighted by molar-refractivity contribution is 5.44. The fourth-order valence-electron chi connectivity index (χ4n) is 3.40. The van der Waals surface area contributed by atoms with E-state index < -0.39 is 0 Å². The normalized spacial score (nSPS) is 19.2.